The van der Waals surface area contributed by atoms with E-state index in [1.807, 2.05) is 23.6 Å². The second-order valence-corrected chi connectivity index (χ2v) is 7.77. The predicted octanol–water partition coefficient (Wildman–Crippen LogP) is 3.30. The van der Waals surface area contributed by atoms with Crippen molar-refractivity contribution in [2.75, 3.05) is 26.3 Å². The molecule has 0 unspecified atom stereocenters. The minimum Gasteiger partial charge on any atom is -0.381 e. The largest absolute Gasteiger partial charge is 0.381 e. The van der Waals surface area contributed by atoms with Crippen LogP contribution in [0.1, 0.15) is 30.2 Å². The van der Waals surface area contributed by atoms with Gasteiger partial charge in [0.1, 0.15) is 0 Å². The molecule has 0 amide bonds. The van der Waals surface area contributed by atoms with Gasteiger partial charge in [0, 0.05) is 42.3 Å². The summed E-state index contributed by atoms with van der Waals surface area (Å²) < 4.78 is 5.83. The molecule has 1 N–H and O–H groups in total. The Hall–Kier alpha value is -1.43. The van der Waals surface area contributed by atoms with Crippen LogP contribution in [0.4, 0.5) is 0 Å². The maximum absolute atomic E-state index is 11.2. The van der Waals surface area contributed by atoms with Crippen LogP contribution in [-0.2, 0) is 17.7 Å². The predicted molar refractivity (Wildman–Crippen MR) is 98.5 cm³/mol. The number of likely N-dealkylation sites (tertiary alicyclic amines) is 1. The van der Waals surface area contributed by atoms with Crippen LogP contribution in [0, 0.1) is 5.41 Å². The highest BCUT2D eigenvalue weighted by Gasteiger charge is 2.37. The molecule has 2 aromatic heterocycles. The highest BCUT2D eigenvalue weighted by Crippen LogP contribution is 2.36. The number of nitrogens with one attached hydrogen (secondary N) is 1. The molecule has 3 heterocycles. The van der Waals surface area contributed by atoms with Gasteiger partial charge in [0.15, 0.2) is 0 Å². The summed E-state index contributed by atoms with van der Waals surface area (Å²) in [6, 6.07) is 7.89. The van der Waals surface area contributed by atoms with Gasteiger partial charge in [-0.25, -0.2) is 0 Å². The third-order valence-electron chi connectivity index (χ3n) is 4.87. The van der Waals surface area contributed by atoms with Crippen molar-refractivity contribution in [2.24, 2.45) is 5.41 Å². The summed E-state index contributed by atoms with van der Waals surface area (Å²) in [5, 5.41) is 2.15. The van der Waals surface area contributed by atoms with Gasteiger partial charge in [-0.3, -0.25) is 9.69 Å². The van der Waals surface area contributed by atoms with Gasteiger partial charge < -0.3 is 9.72 Å². The Morgan fingerprint density at radius 1 is 1.38 bits per heavy atom. The fraction of sp³-hybridized carbons (Fsp3) is 0.526. The number of H-pyrrole nitrogens is 1. The Kier molecular flexibility index (Phi) is 5.87. The fourth-order valence-corrected chi connectivity index (χ4v) is 4.23. The number of aryl methyl sites for hydroxylation is 1. The van der Waals surface area contributed by atoms with Crippen LogP contribution in [0.3, 0.4) is 0 Å². The van der Waals surface area contributed by atoms with E-state index < -0.39 is 0 Å². The molecule has 1 saturated heterocycles. The normalized spacial score (nSPS) is 21.4. The molecule has 0 radical (unpaired) electrons. The van der Waals surface area contributed by atoms with E-state index in [2.05, 4.69) is 34.3 Å². The van der Waals surface area contributed by atoms with E-state index in [-0.39, 0.29) is 11.0 Å². The first-order valence-electron chi connectivity index (χ1n) is 8.69. The van der Waals surface area contributed by atoms with Crippen molar-refractivity contribution in [2.45, 2.75) is 32.7 Å². The molecule has 1 fully saturated rings. The third-order valence-corrected chi connectivity index (χ3v) is 5.80. The minimum atomic E-state index is -0.0400. The molecule has 1 aliphatic heterocycles. The van der Waals surface area contributed by atoms with E-state index in [0.717, 1.165) is 39.3 Å². The number of rotatable bonds is 8. The van der Waals surface area contributed by atoms with E-state index in [0.29, 0.717) is 0 Å². The van der Waals surface area contributed by atoms with Gasteiger partial charge in [-0.15, -0.1) is 11.3 Å². The number of aromatic nitrogens is 1. The van der Waals surface area contributed by atoms with Gasteiger partial charge in [-0.1, -0.05) is 12.1 Å². The lowest BCUT2D eigenvalue weighted by atomic mass is 9.83. The van der Waals surface area contributed by atoms with Crippen molar-refractivity contribution in [3.63, 3.8) is 0 Å². The summed E-state index contributed by atoms with van der Waals surface area (Å²) in [7, 11) is 0. The smallest absolute Gasteiger partial charge is 0.247 e. The summed E-state index contributed by atoms with van der Waals surface area (Å²) in [4.78, 5) is 17.9. The Morgan fingerprint density at radius 2 is 2.29 bits per heavy atom. The van der Waals surface area contributed by atoms with Crippen molar-refractivity contribution in [3.8, 4) is 0 Å². The van der Waals surface area contributed by atoms with Crippen molar-refractivity contribution in [3.05, 3.63) is 56.6 Å². The minimum absolute atomic E-state index is 0.0400. The monoisotopic (exact) mass is 346 g/mol. The molecule has 0 aliphatic carbocycles. The summed E-state index contributed by atoms with van der Waals surface area (Å²) in [5.74, 6) is 0. The number of aromatic amines is 1. The number of pyridine rings is 1. The summed E-state index contributed by atoms with van der Waals surface area (Å²) in [5.41, 5.74) is 1.38. The quantitative estimate of drug-likeness (QED) is 0.798. The van der Waals surface area contributed by atoms with Gasteiger partial charge >= 0.3 is 0 Å². The summed E-state index contributed by atoms with van der Waals surface area (Å²) in [6.07, 6.45) is 5.32. The summed E-state index contributed by atoms with van der Waals surface area (Å²) in [6.45, 7) is 6.75. The lowest BCUT2D eigenvalue weighted by molar-refractivity contribution is 0.0490. The zero-order chi connectivity index (χ0) is 16.8. The molecule has 0 bridgehead atoms. The fourth-order valence-electron chi connectivity index (χ4n) is 3.52. The number of nitrogens with zero attached hydrogens (tertiary/aromatic N) is 1. The molecule has 0 saturated carbocycles. The zero-order valence-corrected chi connectivity index (χ0v) is 15.1. The Bertz CT molecular complexity index is 662. The molecular formula is C19H26N2O2S. The lowest BCUT2D eigenvalue weighted by Gasteiger charge is -2.29. The average molecular weight is 346 g/mol. The second kappa shape index (κ2) is 8.10. The van der Waals surface area contributed by atoms with Gasteiger partial charge in [0.25, 0.3) is 0 Å². The zero-order valence-electron chi connectivity index (χ0n) is 14.3. The summed E-state index contributed by atoms with van der Waals surface area (Å²) >= 11 is 1.85. The van der Waals surface area contributed by atoms with Crippen LogP contribution in [0.2, 0.25) is 0 Å². The highest BCUT2D eigenvalue weighted by atomic mass is 32.1. The third kappa shape index (κ3) is 4.56. The number of thiophene rings is 1. The molecule has 0 spiro atoms. The van der Waals surface area contributed by atoms with Crippen LogP contribution < -0.4 is 5.56 Å². The van der Waals surface area contributed by atoms with Gasteiger partial charge in [-0.2, -0.15) is 0 Å². The van der Waals surface area contributed by atoms with E-state index in [9.17, 15) is 4.79 Å². The van der Waals surface area contributed by atoms with Crippen LogP contribution >= 0.6 is 11.3 Å². The first-order chi connectivity index (χ1) is 11.7. The van der Waals surface area contributed by atoms with Crippen LogP contribution in [0.25, 0.3) is 0 Å². The van der Waals surface area contributed by atoms with Crippen molar-refractivity contribution in [1.29, 1.82) is 0 Å². The molecule has 1 atom stereocenters. The number of hydrogen-bond donors (Lipinski definition) is 1. The van der Waals surface area contributed by atoms with E-state index in [1.165, 1.54) is 23.3 Å². The molecule has 5 heteroatoms. The molecular weight excluding hydrogens is 320 g/mol. The van der Waals surface area contributed by atoms with Crippen molar-refractivity contribution < 1.29 is 4.74 Å². The first kappa shape index (κ1) is 17.4. The lowest BCUT2D eigenvalue weighted by Crippen LogP contribution is -2.32. The molecule has 2 aromatic rings. The van der Waals surface area contributed by atoms with Crippen LogP contribution in [0.15, 0.2) is 40.6 Å². The molecule has 130 valence electrons. The Morgan fingerprint density at radius 3 is 3.00 bits per heavy atom. The van der Waals surface area contributed by atoms with E-state index in [4.69, 9.17) is 4.74 Å². The van der Waals surface area contributed by atoms with E-state index in [1.54, 1.807) is 6.07 Å². The topological polar surface area (TPSA) is 45.3 Å². The van der Waals surface area contributed by atoms with Gasteiger partial charge in [-0.05, 0) is 49.7 Å². The number of ether oxygens (including phenoxy) is 1. The van der Waals surface area contributed by atoms with Crippen LogP contribution in [-0.4, -0.2) is 36.2 Å². The average Bonchev–Trinajstić information content (AvgIpc) is 3.24. The van der Waals surface area contributed by atoms with Gasteiger partial charge in [0.2, 0.25) is 5.56 Å². The maximum Gasteiger partial charge on any atom is 0.247 e. The van der Waals surface area contributed by atoms with Crippen molar-refractivity contribution >= 4 is 11.3 Å². The first-order valence-corrected chi connectivity index (χ1v) is 9.57. The highest BCUT2D eigenvalue weighted by molar-refractivity contribution is 7.09. The Balaban J connectivity index is 1.61. The second-order valence-electron chi connectivity index (χ2n) is 6.74. The SMILES string of the molecule is CCOC[C@]1(CCc2cccs2)CCN(Cc2ccc(=O)[nH]c2)C1. The molecule has 0 aromatic carbocycles. The Labute approximate surface area is 147 Å². The maximum atomic E-state index is 11.2. The van der Waals surface area contributed by atoms with Gasteiger partial charge in [0.05, 0.1) is 6.61 Å². The van der Waals surface area contributed by atoms with Crippen molar-refractivity contribution in [1.82, 2.24) is 9.88 Å². The number of hydrogen-bond acceptors (Lipinski definition) is 4. The molecule has 1 aliphatic rings. The van der Waals surface area contributed by atoms with E-state index >= 15 is 0 Å². The molecule has 3 rings (SSSR count). The molecule has 4 nitrogen and oxygen atoms in total. The molecule has 24 heavy (non-hydrogen) atoms. The van der Waals surface area contributed by atoms with Crippen LogP contribution in [0.5, 0.6) is 0 Å². The standard InChI is InChI=1S/C19H26N2O2S/c1-2-23-15-19(8-7-17-4-3-11-24-17)9-10-21(14-19)13-16-5-6-18(22)20-12-16/h3-6,11-12H,2,7-10,13-15H2,1H3,(H,20,22)/t19-/m1/s1.